The lowest BCUT2D eigenvalue weighted by atomic mass is 10.1. The average molecular weight is 374 g/mol. The average Bonchev–Trinajstić information content (AvgIpc) is 3.18. The molecule has 146 valence electrons. The molecule has 1 aromatic heterocycles. The van der Waals surface area contributed by atoms with E-state index in [9.17, 15) is 9.90 Å². The Labute approximate surface area is 159 Å². The minimum Gasteiger partial charge on any atom is -0.491 e. The fourth-order valence-corrected chi connectivity index (χ4v) is 4.45. The van der Waals surface area contributed by atoms with Crippen molar-refractivity contribution < 1.29 is 24.1 Å². The van der Waals surface area contributed by atoms with Crippen molar-refractivity contribution in [2.24, 2.45) is 0 Å². The highest BCUT2D eigenvalue weighted by molar-refractivity contribution is 5.83. The van der Waals surface area contributed by atoms with Crippen molar-refractivity contribution in [1.29, 1.82) is 0 Å². The number of aliphatic hydroxyl groups excluding tert-OH is 1. The quantitative estimate of drug-likeness (QED) is 0.557. The van der Waals surface area contributed by atoms with Crippen molar-refractivity contribution in [2.45, 2.75) is 32.3 Å². The van der Waals surface area contributed by atoms with Crippen LogP contribution in [0.4, 0.5) is 0 Å². The van der Waals surface area contributed by atoms with Crippen LogP contribution < -0.4 is 20.2 Å². The molecule has 6 nitrogen and oxygen atoms in total. The second-order valence-electron chi connectivity index (χ2n) is 7.88. The third kappa shape index (κ3) is 4.03. The molecule has 0 amide bonds. The molecule has 4 rings (SSSR count). The third-order valence-electron chi connectivity index (χ3n) is 6.08. The second kappa shape index (κ2) is 8.00. The monoisotopic (exact) mass is 374 g/mol. The van der Waals surface area contributed by atoms with Crippen LogP contribution in [-0.2, 0) is 12.8 Å². The number of piperazine rings is 1. The summed E-state index contributed by atoms with van der Waals surface area (Å²) in [6.07, 6.45) is 2.27. The van der Waals surface area contributed by atoms with Gasteiger partial charge in [-0.3, -0.25) is 0 Å². The van der Waals surface area contributed by atoms with Crippen LogP contribution in [0.3, 0.4) is 0 Å². The Morgan fingerprint density at radius 3 is 2.67 bits per heavy atom. The molecule has 1 aliphatic heterocycles. The Morgan fingerprint density at radius 1 is 1.15 bits per heavy atom. The number of nitrogens with one attached hydrogen (secondary N) is 2. The van der Waals surface area contributed by atoms with Gasteiger partial charge in [-0.05, 0) is 43.9 Å². The fraction of sp³-hybridized carbons (Fsp3) is 0.571. The van der Waals surface area contributed by atoms with Gasteiger partial charge in [-0.25, -0.2) is 4.79 Å². The zero-order valence-electron chi connectivity index (χ0n) is 16.1. The van der Waals surface area contributed by atoms with E-state index >= 15 is 0 Å². The smallest absolute Gasteiger partial charge is 0.339 e. The summed E-state index contributed by atoms with van der Waals surface area (Å²) in [5.74, 6) is 0.637. The molecule has 2 aromatic rings. The van der Waals surface area contributed by atoms with E-state index in [-0.39, 0.29) is 12.2 Å². The van der Waals surface area contributed by atoms with Crippen LogP contribution in [0, 0.1) is 0 Å². The summed E-state index contributed by atoms with van der Waals surface area (Å²) < 4.78 is 11.3. The molecule has 0 radical (unpaired) electrons. The zero-order valence-corrected chi connectivity index (χ0v) is 16.1. The molecule has 1 unspecified atom stereocenters. The van der Waals surface area contributed by atoms with E-state index in [1.54, 1.807) is 11.0 Å². The van der Waals surface area contributed by atoms with Gasteiger partial charge in [0.1, 0.15) is 56.8 Å². The van der Waals surface area contributed by atoms with E-state index < -0.39 is 6.10 Å². The van der Waals surface area contributed by atoms with Crippen LogP contribution in [0.25, 0.3) is 11.0 Å². The van der Waals surface area contributed by atoms with Crippen molar-refractivity contribution in [3.05, 3.63) is 39.7 Å². The summed E-state index contributed by atoms with van der Waals surface area (Å²) in [7, 11) is 0. The molecule has 27 heavy (non-hydrogen) atoms. The molecule has 1 fully saturated rings. The summed E-state index contributed by atoms with van der Waals surface area (Å²) in [5, 5.41) is 11.4. The predicted molar refractivity (Wildman–Crippen MR) is 103 cm³/mol. The maximum Gasteiger partial charge on any atom is 0.339 e. The highest BCUT2D eigenvalue weighted by Crippen LogP contribution is 2.29. The minimum atomic E-state index is -0.495. The van der Waals surface area contributed by atoms with Crippen LogP contribution in [0.15, 0.2) is 27.4 Å². The lowest BCUT2D eigenvalue weighted by Crippen LogP contribution is -3.28. The molecule has 2 aliphatic rings. The standard InChI is InChI=1S/C21H28N2O4/c1-2-22-8-10-23(11-9-22)13-15(24)14-26-16-6-7-18-17-4-3-5-19(17)21(25)27-20(18)12-16/h6-7,12,15,24H,2-5,8-11,13-14H2,1H3/p+2. The topological polar surface area (TPSA) is 68.6 Å². The Balaban J connectivity index is 1.36. The van der Waals surface area contributed by atoms with E-state index in [0.717, 1.165) is 48.9 Å². The van der Waals surface area contributed by atoms with Crippen molar-refractivity contribution in [3.8, 4) is 5.75 Å². The van der Waals surface area contributed by atoms with E-state index in [1.807, 2.05) is 12.1 Å². The normalized spacial score (nSPS) is 23.3. The maximum absolute atomic E-state index is 12.1. The van der Waals surface area contributed by atoms with Gasteiger partial charge in [0.2, 0.25) is 0 Å². The third-order valence-corrected chi connectivity index (χ3v) is 6.08. The lowest BCUT2D eigenvalue weighted by Gasteiger charge is -2.30. The number of ether oxygens (including phenoxy) is 1. The van der Waals surface area contributed by atoms with Crippen LogP contribution in [-0.4, -0.2) is 57.1 Å². The van der Waals surface area contributed by atoms with Gasteiger partial charge in [0.25, 0.3) is 0 Å². The molecule has 0 saturated carbocycles. The summed E-state index contributed by atoms with van der Waals surface area (Å²) >= 11 is 0. The molecular weight excluding hydrogens is 344 g/mol. The van der Waals surface area contributed by atoms with Gasteiger partial charge in [-0.1, -0.05) is 0 Å². The zero-order chi connectivity index (χ0) is 18.8. The number of aliphatic hydroxyl groups is 1. The number of likely N-dealkylation sites (N-methyl/N-ethyl adjacent to an activating group) is 1. The van der Waals surface area contributed by atoms with Crippen molar-refractivity contribution >= 4 is 11.0 Å². The Morgan fingerprint density at radius 2 is 1.89 bits per heavy atom. The molecule has 2 heterocycles. The SMILES string of the molecule is CC[NH+]1CC[NH+](CC(O)COc2ccc3c4c(c(=O)oc3c2)CCC4)CC1. The second-order valence-corrected chi connectivity index (χ2v) is 7.88. The van der Waals surface area contributed by atoms with E-state index in [0.29, 0.717) is 17.9 Å². The van der Waals surface area contributed by atoms with Crippen molar-refractivity contribution in [1.82, 2.24) is 0 Å². The van der Waals surface area contributed by atoms with Crippen LogP contribution in [0.1, 0.15) is 24.5 Å². The summed E-state index contributed by atoms with van der Waals surface area (Å²) in [4.78, 5) is 15.2. The number of hydrogen-bond donors (Lipinski definition) is 3. The molecule has 3 N–H and O–H groups in total. The number of benzene rings is 1. The highest BCUT2D eigenvalue weighted by atomic mass is 16.5. The van der Waals surface area contributed by atoms with Crippen LogP contribution >= 0.6 is 0 Å². The number of rotatable bonds is 6. The first kappa shape index (κ1) is 18.5. The Hall–Kier alpha value is -1.89. The lowest BCUT2D eigenvalue weighted by molar-refractivity contribution is -1.01. The molecular formula is C21H30N2O4+2. The number of aryl methyl sites for hydroxylation is 1. The first-order chi connectivity index (χ1) is 13.1. The van der Waals surface area contributed by atoms with E-state index in [4.69, 9.17) is 9.15 Å². The first-order valence-corrected chi connectivity index (χ1v) is 10.2. The van der Waals surface area contributed by atoms with Crippen LogP contribution in [0.5, 0.6) is 5.75 Å². The summed E-state index contributed by atoms with van der Waals surface area (Å²) in [6, 6.07) is 5.66. The largest absolute Gasteiger partial charge is 0.491 e. The van der Waals surface area contributed by atoms with Gasteiger partial charge in [0.05, 0.1) is 6.54 Å². The molecule has 1 aromatic carbocycles. The summed E-state index contributed by atoms with van der Waals surface area (Å²) in [5.41, 5.74) is 2.32. The van der Waals surface area contributed by atoms with Gasteiger partial charge in [0, 0.05) is 17.0 Å². The maximum atomic E-state index is 12.1. The minimum absolute atomic E-state index is 0.218. The van der Waals surface area contributed by atoms with Gasteiger partial charge in [-0.15, -0.1) is 0 Å². The first-order valence-electron chi connectivity index (χ1n) is 10.2. The number of hydrogen-bond acceptors (Lipinski definition) is 4. The van der Waals surface area contributed by atoms with Gasteiger partial charge in [-0.2, -0.15) is 0 Å². The molecule has 1 saturated heterocycles. The van der Waals surface area contributed by atoms with Gasteiger partial charge >= 0.3 is 5.63 Å². The van der Waals surface area contributed by atoms with Gasteiger partial charge in [0.15, 0.2) is 0 Å². The van der Waals surface area contributed by atoms with E-state index in [1.165, 1.54) is 24.5 Å². The van der Waals surface area contributed by atoms with E-state index in [2.05, 4.69) is 6.92 Å². The van der Waals surface area contributed by atoms with Crippen LogP contribution in [0.2, 0.25) is 0 Å². The van der Waals surface area contributed by atoms with Crippen molar-refractivity contribution in [3.63, 3.8) is 0 Å². The Bertz CT molecular complexity index is 855. The highest BCUT2D eigenvalue weighted by Gasteiger charge is 2.24. The molecule has 0 spiro atoms. The Kier molecular flexibility index (Phi) is 5.48. The number of fused-ring (bicyclic) bond motifs is 3. The number of quaternary nitrogens is 2. The fourth-order valence-electron chi connectivity index (χ4n) is 4.45. The molecule has 0 bridgehead atoms. The van der Waals surface area contributed by atoms with Crippen molar-refractivity contribution in [2.75, 3.05) is 45.9 Å². The molecule has 1 atom stereocenters. The molecule has 6 heteroatoms. The predicted octanol–water partition coefficient (Wildman–Crippen LogP) is -1.18. The summed E-state index contributed by atoms with van der Waals surface area (Å²) in [6.45, 7) is 8.94. The van der Waals surface area contributed by atoms with Gasteiger partial charge < -0.3 is 24.1 Å². The molecule has 1 aliphatic carbocycles.